The molecule has 0 saturated heterocycles. The minimum atomic E-state index is -0.382. The quantitative estimate of drug-likeness (QED) is 0.404. The molecule has 0 saturated carbocycles. The van der Waals surface area contributed by atoms with E-state index in [2.05, 4.69) is 6.92 Å². The Kier molecular flexibility index (Phi) is 5.53. The van der Waals surface area contributed by atoms with Crippen molar-refractivity contribution in [2.75, 3.05) is 6.61 Å². The normalized spacial score (nSPS) is 10.5. The second-order valence-corrected chi connectivity index (χ2v) is 5.36. The number of aryl methyl sites for hydroxylation is 1. The van der Waals surface area contributed by atoms with Crippen molar-refractivity contribution >= 4 is 5.69 Å². The first kappa shape index (κ1) is 16.0. The van der Waals surface area contributed by atoms with Crippen LogP contribution < -0.4 is 4.74 Å². The van der Waals surface area contributed by atoms with Crippen LogP contribution in [0.4, 0.5) is 5.69 Å². The van der Waals surface area contributed by atoms with E-state index in [0.717, 1.165) is 36.0 Å². The Morgan fingerprint density at radius 1 is 1.05 bits per heavy atom. The Morgan fingerprint density at radius 2 is 1.73 bits per heavy atom. The summed E-state index contributed by atoms with van der Waals surface area (Å²) >= 11 is 0. The summed E-state index contributed by atoms with van der Waals surface area (Å²) in [4.78, 5) is 10.9. The Balaban J connectivity index is 2.23. The average molecular weight is 299 g/mol. The zero-order valence-corrected chi connectivity index (χ0v) is 13.0. The van der Waals surface area contributed by atoms with Crippen LogP contribution in [0.3, 0.4) is 0 Å². The molecule has 2 aromatic carbocycles. The van der Waals surface area contributed by atoms with Gasteiger partial charge >= 0.3 is 5.69 Å². The maximum absolute atomic E-state index is 11.3. The minimum absolute atomic E-state index is 0.0228. The van der Waals surface area contributed by atoms with Crippen LogP contribution in [0.15, 0.2) is 42.5 Å². The molecule has 0 spiro atoms. The molecule has 0 bridgehead atoms. The van der Waals surface area contributed by atoms with Crippen LogP contribution in [-0.4, -0.2) is 11.5 Å². The Labute approximate surface area is 130 Å². The van der Waals surface area contributed by atoms with Crippen molar-refractivity contribution in [2.24, 2.45) is 0 Å². The molecular formula is C18H21NO3. The number of ether oxygens (including phenoxy) is 1. The van der Waals surface area contributed by atoms with E-state index < -0.39 is 0 Å². The third kappa shape index (κ3) is 4.07. The van der Waals surface area contributed by atoms with Crippen molar-refractivity contribution < 1.29 is 9.66 Å². The van der Waals surface area contributed by atoms with Gasteiger partial charge in [-0.05, 0) is 30.5 Å². The first-order valence-electron chi connectivity index (χ1n) is 7.60. The van der Waals surface area contributed by atoms with Crippen LogP contribution in [0.1, 0.15) is 31.7 Å². The maximum atomic E-state index is 11.3. The molecule has 2 aromatic rings. The predicted molar refractivity (Wildman–Crippen MR) is 88.3 cm³/mol. The van der Waals surface area contributed by atoms with Crippen molar-refractivity contribution in [3.63, 3.8) is 0 Å². The largest absolute Gasteiger partial charge is 0.487 e. The third-order valence-electron chi connectivity index (χ3n) is 3.55. The van der Waals surface area contributed by atoms with E-state index in [1.165, 1.54) is 0 Å². The van der Waals surface area contributed by atoms with E-state index in [1.54, 1.807) is 12.1 Å². The van der Waals surface area contributed by atoms with Gasteiger partial charge in [0.2, 0.25) is 0 Å². The number of nitro benzene ring substituents is 1. The van der Waals surface area contributed by atoms with Crippen LogP contribution in [0.2, 0.25) is 0 Å². The van der Waals surface area contributed by atoms with Gasteiger partial charge in [-0.25, -0.2) is 0 Å². The molecule has 0 radical (unpaired) electrons. The smallest absolute Gasteiger partial charge is 0.311 e. The van der Waals surface area contributed by atoms with Crippen molar-refractivity contribution in [3.8, 4) is 16.9 Å². The molecule has 0 aliphatic heterocycles. The van der Waals surface area contributed by atoms with Gasteiger partial charge < -0.3 is 4.74 Å². The van der Waals surface area contributed by atoms with Gasteiger partial charge in [0.1, 0.15) is 0 Å². The van der Waals surface area contributed by atoms with Crippen LogP contribution in [0, 0.1) is 17.0 Å². The molecule has 4 heteroatoms. The zero-order chi connectivity index (χ0) is 15.9. The van der Waals surface area contributed by atoms with Gasteiger partial charge in [-0.1, -0.05) is 55.7 Å². The summed E-state index contributed by atoms with van der Waals surface area (Å²) in [6.07, 6.45) is 3.07. The van der Waals surface area contributed by atoms with Gasteiger partial charge in [-0.2, -0.15) is 0 Å². The number of nitrogens with zero attached hydrogens (tertiary/aromatic N) is 1. The SMILES string of the molecule is CCCCCOc1ccc(-c2ccc(C)cc2)cc1[N+](=O)[O-]. The standard InChI is InChI=1S/C18H21NO3/c1-3-4-5-12-22-18-11-10-16(13-17(18)19(20)21)15-8-6-14(2)7-9-15/h6-11,13H,3-5,12H2,1-2H3. The van der Waals surface area contributed by atoms with Crippen molar-refractivity contribution in [1.29, 1.82) is 0 Å². The zero-order valence-electron chi connectivity index (χ0n) is 13.0. The van der Waals surface area contributed by atoms with Gasteiger partial charge in [0.15, 0.2) is 5.75 Å². The highest BCUT2D eigenvalue weighted by atomic mass is 16.6. The molecule has 116 valence electrons. The Bertz CT molecular complexity index is 635. The number of unbranched alkanes of at least 4 members (excludes halogenated alkanes) is 2. The highest BCUT2D eigenvalue weighted by Gasteiger charge is 2.16. The van der Waals surface area contributed by atoms with Crippen molar-refractivity contribution in [1.82, 2.24) is 0 Å². The summed E-state index contributed by atoms with van der Waals surface area (Å²) in [5.41, 5.74) is 2.97. The molecule has 0 fully saturated rings. The lowest BCUT2D eigenvalue weighted by molar-refractivity contribution is -0.385. The summed E-state index contributed by atoms with van der Waals surface area (Å²) in [5, 5.41) is 11.3. The topological polar surface area (TPSA) is 52.4 Å². The lowest BCUT2D eigenvalue weighted by Gasteiger charge is -2.08. The Hall–Kier alpha value is -2.36. The molecule has 0 atom stereocenters. The number of rotatable bonds is 7. The molecule has 0 aliphatic carbocycles. The average Bonchev–Trinajstić information content (AvgIpc) is 2.52. The Morgan fingerprint density at radius 3 is 2.36 bits per heavy atom. The summed E-state index contributed by atoms with van der Waals surface area (Å²) in [6, 6.07) is 13.1. The molecule has 0 N–H and O–H groups in total. The number of benzene rings is 2. The summed E-state index contributed by atoms with van der Waals surface area (Å²) in [7, 11) is 0. The third-order valence-corrected chi connectivity index (χ3v) is 3.55. The second kappa shape index (κ2) is 7.59. The first-order chi connectivity index (χ1) is 10.6. The predicted octanol–water partition coefficient (Wildman–Crippen LogP) is 5.14. The van der Waals surface area contributed by atoms with E-state index in [1.807, 2.05) is 37.3 Å². The van der Waals surface area contributed by atoms with E-state index in [-0.39, 0.29) is 10.6 Å². The maximum Gasteiger partial charge on any atom is 0.311 e. The van der Waals surface area contributed by atoms with Gasteiger partial charge in [0, 0.05) is 6.07 Å². The highest BCUT2D eigenvalue weighted by molar-refractivity contribution is 5.69. The lowest BCUT2D eigenvalue weighted by Crippen LogP contribution is -2.00. The summed E-state index contributed by atoms with van der Waals surface area (Å²) in [6.45, 7) is 4.64. The van der Waals surface area contributed by atoms with Crippen molar-refractivity contribution in [3.05, 3.63) is 58.1 Å². The molecule has 4 nitrogen and oxygen atoms in total. The van der Waals surface area contributed by atoms with Crippen LogP contribution in [-0.2, 0) is 0 Å². The fourth-order valence-corrected chi connectivity index (χ4v) is 2.24. The molecule has 0 aromatic heterocycles. The van der Waals surface area contributed by atoms with Crippen LogP contribution >= 0.6 is 0 Å². The van der Waals surface area contributed by atoms with E-state index >= 15 is 0 Å². The van der Waals surface area contributed by atoms with Gasteiger partial charge in [-0.15, -0.1) is 0 Å². The molecule has 0 unspecified atom stereocenters. The lowest BCUT2D eigenvalue weighted by atomic mass is 10.0. The number of hydrogen-bond acceptors (Lipinski definition) is 3. The fraction of sp³-hybridized carbons (Fsp3) is 0.333. The number of hydrogen-bond donors (Lipinski definition) is 0. The van der Waals surface area contributed by atoms with Crippen LogP contribution in [0.25, 0.3) is 11.1 Å². The van der Waals surface area contributed by atoms with Crippen LogP contribution in [0.5, 0.6) is 5.75 Å². The molecule has 2 rings (SSSR count). The van der Waals surface area contributed by atoms with Crippen molar-refractivity contribution in [2.45, 2.75) is 33.1 Å². The summed E-state index contributed by atoms with van der Waals surface area (Å²) in [5.74, 6) is 0.344. The molecular weight excluding hydrogens is 278 g/mol. The fourth-order valence-electron chi connectivity index (χ4n) is 2.24. The molecule has 0 amide bonds. The van der Waals surface area contributed by atoms with Gasteiger partial charge in [0.05, 0.1) is 11.5 Å². The van der Waals surface area contributed by atoms with E-state index in [4.69, 9.17) is 4.74 Å². The van der Waals surface area contributed by atoms with Gasteiger partial charge in [0.25, 0.3) is 0 Å². The minimum Gasteiger partial charge on any atom is -0.487 e. The molecule has 0 heterocycles. The second-order valence-electron chi connectivity index (χ2n) is 5.36. The first-order valence-corrected chi connectivity index (χ1v) is 7.60. The van der Waals surface area contributed by atoms with E-state index in [9.17, 15) is 10.1 Å². The van der Waals surface area contributed by atoms with E-state index in [0.29, 0.717) is 12.4 Å². The molecule has 22 heavy (non-hydrogen) atoms. The molecule has 0 aliphatic rings. The highest BCUT2D eigenvalue weighted by Crippen LogP contribution is 2.32. The van der Waals surface area contributed by atoms with Gasteiger partial charge in [-0.3, -0.25) is 10.1 Å². The summed E-state index contributed by atoms with van der Waals surface area (Å²) < 4.78 is 5.57. The monoisotopic (exact) mass is 299 g/mol. The number of nitro groups is 1.